The van der Waals surface area contributed by atoms with Crippen molar-refractivity contribution >= 4 is 28.2 Å². The number of hydrogen-bond donors (Lipinski definition) is 0. The van der Waals surface area contributed by atoms with Gasteiger partial charge in [0.05, 0.1) is 0 Å². The van der Waals surface area contributed by atoms with Crippen molar-refractivity contribution in [3.8, 4) is 0 Å². The maximum atomic E-state index is 10.4. The first kappa shape index (κ1) is 6.78. The highest BCUT2D eigenvalue weighted by molar-refractivity contribution is 7.10. The van der Waals surface area contributed by atoms with Crippen molar-refractivity contribution in [1.82, 2.24) is 0 Å². The van der Waals surface area contributed by atoms with E-state index < -0.39 is 0 Å². The quantitative estimate of drug-likeness (QED) is 0.577. The summed E-state index contributed by atoms with van der Waals surface area (Å²) in [6.45, 7) is 1.94. The number of hydrogen-bond acceptors (Lipinski definition) is 2. The molecule has 0 unspecified atom stereocenters. The highest BCUT2D eigenvalue weighted by Crippen LogP contribution is 2.14. The summed E-state index contributed by atoms with van der Waals surface area (Å²) >= 11 is 6.71. The van der Waals surface area contributed by atoms with Crippen LogP contribution >= 0.6 is 22.9 Å². The van der Waals surface area contributed by atoms with Crippen molar-refractivity contribution in [2.75, 3.05) is 0 Å². The molecule has 0 spiro atoms. The van der Waals surface area contributed by atoms with Gasteiger partial charge in [-0.3, -0.25) is 4.79 Å². The lowest BCUT2D eigenvalue weighted by Crippen LogP contribution is -1.81. The molecule has 0 aliphatic rings. The van der Waals surface area contributed by atoms with Gasteiger partial charge >= 0.3 is 0 Å². The fraction of sp³-hybridized carbons (Fsp3) is 0.167. The molecule has 0 amide bonds. The maximum Gasteiger partial charge on any atom is 0.253 e. The van der Waals surface area contributed by atoms with Gasteiger partial charge in [-0.2, -0.15) is 0 Å². The number of carbonyl (C=O) groups is 1. The van der Waals surface area contributed by atoms with E-state index in [0.717, 1.165) is 4.88 Å². The minimum absolute atomic E-state index is 0.376. The molecule has 1 rings (SSSR count). The molecule has 0 fully saturated rings. The third kappa shape index (κ3) is 1.53. The summed E-state index contributed by atoms with van der Waals surface area (Å²) in [5.41, 5.74) is 0.596. The van der Waals surface area contributed by atoms with Crippen LogP contribution in [0.1, 0.15) is 15.2 Å². The average molecular weight is 161 g/mol. The number of thiophene rings is 1. The van der Waals surface area contributed by atoms with Gasteiger partial charge in [-0.15, -0.1) is 11.3 Å². The van der Waals surface area contributed by atoms with Crippen LogP contribution in [0.5, 0.6) is 0 Å². The van der Waals surface area contributed by atoms with E-state index in [4.69, 9.17) is 11.6 Å². The lowest BCUT2D eigenvalue weighted by Gasteiger charge is -1.78. The Morgan fingerprint density at radius 3 is 2.67 bits per heavy atom. The van der Waals surface area contributed by atoms with Crippen LogP contribution in [-0.2, 0) is 0 Å². The van der Waals surface area contributed by atoms with E-state index in [2.05, 4.69) is 0 Å². The van der Waals surface area contributed by atoms with Crippen LogP contribution in [0.4, 0.5) is 0 Å². The average Bonchev–Trinajstić information content (AvgIpc) is 2.14. The molecule has 0 aliphatic carbocycles. The Morgan fingerprint density at radius 1 is 1.78 bits per heavy atom. The normalized spacial score (nSPS) is 9.56. The fourth-order valence-electron chi connectivity index (χ4n) is 0.547. The number of rotatable bonds is 1. The Hall–Kier alpha value is -0.340. The van der Waals surface area contributed by atoms with E-state index in [1.165, 1.54) is 11.3 Å². The van der Waals surface area contributed by atoms with E-state index in [1.54, 1.807) is 11.4 Å². The molecule has 0 aromatic carbocycles. The molecule has 0 saturated heterocycles. The van der Waals surface area contributed by atoms with Crippen molar-refractivity contribution in [3.05, 3.63) is 21.9 Å². The van der Waals surface area contributed by atoms with Crippen molar-refractivity contribution in [2.24, 2.45) is 0 Å². The summed E-state index contributed by atoms with van der Waals surface area (Å²) < 4.78 is 0. The first-order valence-electron chi connectivity index (χ1n) is 2.45. The minimum Gasteiger partial charge on any atom is -0.276 e. The zero-order chi connectivity index (χ0) is 6.85. The summed E-state index contributed by atoms with van der Waals surface area (Å²) in [6.07, 6.45) is 0. The van der Waals surface area contributed by atoms with Gasteiger partial charge in [0, 0.05) is 15.8 Å². The second-order valence-electron chi connectivity index (χ2n) is 1.72. The second kappa shape index (κ2) is 2.50. The Labute approximate surface area is 62.3 Å². The molecule has 1 aromatic rings. The van der Waals surface area contributed by atoms with Crippen molar-refractivity contribution < 1.29 is 4.79 Å². The molecule has 9 heavy (non-hydrogen) atoms. The fourth-order valence-corrected chi connectivity index (χ4v) is 1.40. The molecule has 0 bridgehead atoms. The summed E-state index contributed by atoms with van der Waals surface area (Å²) in [5, 5.41) is 1.38. The van der Waals surface area contributed by atoms with Crippen LogP contribution in [0.3, 0.4) is 0 Å². The predicted octanol–water partition coefficient (Wildman–Crippen LogP) is 2.44. The summed E-state index contributed by atoms with van der Waals surface area (Å²) in [4.78, 5) is 11.5. The Kier molecular flexibility index (Phi) is 1.88. The van der Waals surface area contributed by atoms with Crippen LogP contribution in [-0.4, -0.2) is 5.24 Å². The maximum absolute atomic E-state index is 10.4. The molecule has 0 atom stereocenters. The topological polar surface area (TPSA) is 17.1 Å². The van der Waals surface area contributed by atoms with E-state index in [1.807, 2.05) is 6.92 Å². The van der Waals surface area contributed by atoms with E-state index in [0.29, 0.717) is 5.56 Å². The van der Waals surface area contributed by atoms with Crippen molar-refractivity contribution in [1.29, 1.82) is 0 Å². The zero-order valence-electron chi connectivity index (χ0n) is 4.85. The number of carbonyl (C=O) groups excluding carboxylic acids is 1. The van der Waals surface area contributed by atoms with E-state index in [-0.39, 0.29) is 5.24 Å². The van der Waals surface area contributed by atoms with Gasteiger partial charge in [-0.1, -0.05) is 0 Å². The van der Waals surface area contributed by atoms with Gasteiger partial charge in [-0.05, 0) is 24.6 Å². The first-order valence-corrected chi connectivity index (χ1v) is 3.71. The first-order chi connectivity index (χ1) is 4.20. The molecule has 1 nitrogen and oxygen atoms in total. The predicted molar refractivity (Wildman–Crippen MR) is 39.2 cm³/mol. The summed E-state index contributed by atoms with van der Waals surface area (Å²) in [5.74, 6) is 0. The number of aryl methyl sites for hydroxylation is 1. The molecule has 0 saturated carbocycles. The molecule has 48 valence electrons. The van der Waals surface area contributed by atoms with Gasteiger partial charge in [0.25, 0.3) is 5.24 Å². The van der Waals surface area contributed by atoms with Crippen LogP contribution in [0.25, 0.3) is 0 Å². The summed E-state index contributed by atoms with van der Waals surface area (Å²) in [7, 11) is 0. The molecule has 0 N–H and O–H groups in total. The van der Waals surface area contributed by atoms with Crippen molar-refractivity contribution in [3.63, 3.8) is 0 Å². The van der Waals surface area contributed by atoms with Gasteiger partial charge in [-0.25, -0.2) is 0 Å². The highest BCUT2D eigenvalue weighted by atomic mass is 35.5. The molecule has 0 radical (unpaired) electrons. The molecular formula is C6H5ClOS. The zero-order valence-corrected chi connectivity index (χ0v) is 6.42. The Balaban J connectivity index is 2.98. The lowest BCUT2D eigenvalue weighted by molar-refractivity contribution is 0.108. The van der Waals surface area contributed by atoms with Crippen LogP contribution in [0, 0.1) is 6.92 Å². The number of halogens is 1. The van der Waals surface area contributed by atoms with E-state index >= 15 is 0 Å². The summed E-state index contributed by atoms with van der Waals surface area (Å²) in [6, 6.07) is 1.78. The van der Waals surface area contributed by atoms with Gasteiger partial charge in [0.2, 0.25) is 0 Å². The molecular weight excluding hydrogens is 156 g/mol. The van der Waals surface area contributed by atoms with Crippen molar-refractivity contribution in [2.45, 2.75) is 6.92 Å². The second-order valence-corrected chi connectivity index (χ2v) is 3.18. The standard InChI is InChI=1S/C6H5ClOS/c1-4-2-5(3-9-4)6(7)8/h2-3H,1H3. The van der Waals surface area contributed by atoms with Gasteiger partial charge in [0.15, 0.2) is 0 Å². The van der Waals surface area contributed by atoms with Crippen LogP contribution < -0.4 is 0 Å². The third-order valence-corrected chi connectivity index (χ3v) is 2.04. The Bertz CT molecular complexity index is 229. The molecule has 1 aromatic heterocycles. The highest BCUT2D eigenvalue weighted by Gasteiger charge is 2.01. The molecule has 3 heteroatoms. The molecule has 1 heterocycles. The van der Waals surface area contributed by atoms with Gasteiger partial charge < -0.3 is 0 Å². The smallest absolute Gasteiger partial charge is 0.253 e. The third-order valence-electron chi connectivity index (χ3n) is 0.958. The van der Waals surface area contributed by atoms with Crippen LogP contribution in [0.15, 0.2) is 11.4 Å². The Morgan fingerprint density at radius 2 is 2.44 bits per heavy atom. The minimum atomic E-state index is -0.376. The SMILES string of the molecule is Cc1cc(C(=O)Cl)cs1. The molecule has 0 aliphatic heterocycles. The largest absolute Gasteiger partial charge is 0.276 e. The van der Waals surface area contributed by atoms with Crippen LogP contribution in [0.2, 0.25) is 0 Å². The monoisotopic (exact) mass is 160 g/mol. The van der Waals surface area contributed by atoms with Gasteiger partial charge in [0.1, 0.15) is 0 Å². The van der Waals surface area contributed by atoms with E-state index in [9.17, 15) is 4.79 Å². The lowest BCUT2D eigenvalue weighted by atomic mass is 10.3.